The normalized spacial score (nSPS) is 14.4. The lowest BCUT2D eigenvalue weighted by Gasteiger charge is -2.18. The van der Waals surface area contributed by atoms with Crippen LogP contribution in [0.2, 0.25) is 0 Å². The molecule has 0 aromatic carbocycles. The van der Waals surface area contributed by atoms with Crippen molar-refractivity contribution in [1.82, 2.24) is 0 Å². The van der Waals surface area contributed by atoms with Gasteiger partial charge >= 0.3 is 0 Å². The molecule has 0 aliphatic rings. The molecule has 0 radical (unpaired) electrons. The van der Waals surface area contributed by atoms with Gasteiger partial charge in [0.15, 0.2) is 0 Å². The fourth-order valence-electron chi connectivity index (χ4n) is 1.31. The molecule has 0 aliphatic carbocycles. The molecule has 0 spiro atoms. The minimum Gasteiger partial charge on any atom is -0.374 e. The molecule has 1 nitrogen and oxygen atoms in total. The second kappa shape index (κ2) is 5.83. The van der Waals surface area contributed by atoms with Crippen molar-refractivity contribution in [3.8, 4) is 12.3 Å². The molecular weight excluding hydrogens is 160 g/mol. The maximum atomic E-state index is 9.90. The Labute approximate surface area is 81.9 Å². The highest BCUT2D eigenvalue weighted by molar-refractivity contribution is 5.21. The van der Waals surface area contributed by atoms with Gasteiger partial charge in [-0.1, -0.05) is 31.3 Å². The zero-order valence-corrected chi connectivity index (χ0v) is 8.93. The molecule has 1 atom stereocenters. The summed E-state index contributed by atoms with van der Waals surface area (Å²) in [6, 6.07) is 0. The second-order valence-electron chi connectivity index (χ2n) is 3.75. The van der Waals surface area contributed by atoms with E-state index in [-0.39, 0.29) is 0 Å². The number of aliphatic hydroxyl groups is 1. The Kier molecular flexibility index (Phi) is 5.50. The van der Waals surface area contributed by atoms with Crippen molar-refractivity contribution in [2.24, 2.45) is 0 Å². The average molecular weight is 180 g/mol. The van der Waals surface area contributed by atoms with Crippen LogP contribution in [-0.4, -0.2) is 10.7 Å². The van der Waals surface area contributed by atoms with E-state index in [2.05, 4.69) is 12.8 Å². The minimum atomic E-state index is -1.02. The van der Waals surface area contributed by atoms with Gasteiger partial charge in [-0.3, -0.25) is 0 Å². The minimum absolute atomic E-state index is 0.669. The summed E-state index contributed by atoms with van der Waals surface area (Å²) in [7, 11) is 0. The third-order valence-corrected chi connectivity index (χ3v) is 1.94. The highest BCUT2D eigenvalue weighted by atomic mass is 16.3. The highest BCUT2D eigenvalue weighted by Crippen LogP contribution is 2.17. The Morgan fingerprint density at radius 3 is 2.46 bits per heavy atom. The molecule has 0 rings (SSSR count). The van der Waals surface area contributed by atoms with E-state index in [0.717, 1.165) is 24.8 Å². The number of allylic oxidation sites excluding steroid dienone is 1. The molecule has 1 heteroatoms. The lowest BCUT2D eigenvalue weighted by atomic mass is 9.95. The van der Waals surface area contributed by atoms with Crippen LogP contribution in [0.4, 0.5) is 0 Å². The largest absolute Gasteiger partial charge is 0.374 e. The Hall–Kier alpha value is -0.740. The second-order valence-corrected chi connectivity index (χ2v) is 3.75. The van der Waals surface area contributed by atoms with Crippen LogP contribution in [0.1, 0.15) is 46.5 Å². The number of hydrogen-bond acceptors (Lipinski definition) is 1. The molecule has 0 saturated heterocycles. The van der Waals surface area contributed by atoms with E-state index in [1.807, 2.05) is 13.8 Å². The third-order valence-electron chi connectivity index (χ3n) is 1.94. The molecule has 0 amide bonds. The first-order valence-corrected chi connectivity index (χ1v) is 4.90. The molecule has 0 saturated carbocycles. The lowest BCUT2D eigenvalue weighted by molar-refractivity contribution is 0.138. The van der Waals surface area contributed by atoms with Crippen LogP contribution < -0.4 is 0 Å². The molecular formula is C12H20O. The Morgan fingerprint density at radius 2 is 2.08 bits per heavy atom. The van der Waals surface area contributed by atoms with Gasteiger partial charge in [-0.2, -0.15) is 0 Å². The summed E-state index contributed by atoms with van der Waals surface area (Å²) in [6.07, 6.45) is 11.0. The summed E-state index contributed by atoms with van der Waals surface area (Å²) < 4.78 is 0. The predicted molar refractivity (Wildman–Crippen MR) is 57.4 cm³/mol. The van der Waals surface area contributed by atoms with E-state index in [4.69, 9.17) is 6.42 Å². The fourth-order valence-corrected chi connectivity index (χ4v) is 1.31. The van der Waals surface area contributed by atoms with E-state index in [9.17, 15) is 5.11 Å². The van der Waals surface area contributed by atoms with Crippen LogP contribution in [0.25, 0.3) is 0 Å². The molecule has 0 aromatic rings. The van der Waals surface area contributed by atoms with E-state index in [1.54, 1.807) is 6.08 Å². The summed E-state index contributed by atoms with van der Waals surface area (Å²) >= 11 is 0. The van der Waals surface area contributed by atoms with Crippen molar-refractivity contribution in [3.05, 3.63) is 11.6 Å². The van der Waals surface area contributed by atoms with Gasteiger partial charge in [-0.15, -0.1) is 6.42 Å². The molecule has 0 fully saturated rings. The van der Waals surface area contributed by atoms with Crippen molar-refractivity contribution in [1.29, 1.82) is 0 Å². The monoisotopic (exact) mass is 180 g/mol. The van der Waals surface area contributed by atoms with E-state index >= 15 is 0 Å². The Morgan fingerprint density at radius 1 is 1.46 bits per heavy atom. The van der Waals surface area contributed by atoms with Crippen LogP contribution in [0, 0.1) is 12.3 Å². The first-order chi connectivity index (χ1) is 6.04. The van der Waals surface area contributed by atoms with E-state index in [1.165, 1.54) is 0 Å². The highest BCUT2D eigenvalue weighted by Gasteiger charge is 2.19. The van der Waals surface area contributed by atoms with Crippen molar-refractivity contribution in [2.75, 3.05) is 0 Å². The summed E-state index contributed by atoms with van der Waals surface area (Å²) in [5, 5.41) is 9.90. The standard InChI is InChI=1S/C12H20O/c1-5-7-8-9-12(13,6-2)10-11(3)4/h2,10,13H,5,7-9H2,1,3-4H3. The van der Waals surface area contributed by atoms with Gasteiger partial charge in [-0.25, -0.2) is 0 Å². The van der Waals surface area contributed by atoms with Crippen molar-refractivity contribution in [2.45, 2.75) is 52.1 Å². The van der Waals surface area contributed by atoms with Gasteiger partial charge in [0.05, 0.1) is 0 Å². The van der Waals surface area contributed by atoms with Crippen LogP contribution in [-0.2, 0) is 0 Å². The van der Waals surface area contributed by atoms with E-state index in [0.29, 0.717) is 6.42 Å². The smallest absolute Gasteiger partial charge is 0.144 e. The molecule has 0 aliphatic heterocycles. The molecule has 0 heterocycles. The maximum Gasteiger partial charge on any atom is 0.144 e. The Bertz CT molecular complexity index is 206. The van der Waals surface area contributed by atoms with Gasteiger partial charge in [-0.05, 0) is 32.8 Å². The summed E-state index contributed by atoms with van der Waals surface area (Å²) in [4.78, 5) is 0. The fraction of sp³-hybridized carbons (Fsp3) is 0.667. The number of terminal acetylenes is 1. The average Bonchev–Trinajstić information content (AvgIpc) is 2.04. The zero-order valence-electron chi connectivity index (χ0n) is 8.93. The lowest BCUT2D eigenvalue weighted by Crippen LogP contribution is -2.23. The predicted octanol–water partition coefficient (Wildman–Crippen LogP) is 2.90. The van der Waals surface area contributed by atoms with Crippen LogP contribution >= 0.6 is 0 Å². The molecule has 0 bridgehead atoms. The Balaban J connectivity index is 4.15. The number of hydrogen-bond donors (Lipinski definition) is 1. The molecule has 0 aromatic heterocycles. The topological polar surface area (TPSA) is 20.2 Å². The SMILES string of the molecule is C#CC(O)(C=C(C)C)CCCCC. The van der Waals surface area contributed by atoms with Gasteiger partial charge < -0.3 is 5.11 Å². The van der Waals surface area contributed by atoms with Crippen molar-refractivity contribution >= 4 is 0 Å². The molecule has 13 heavy (non-hydrogen) atoms. The maximum absolute atomic E-state index is 9.90. The van der Waals surface area contributed by atoms with Gasteiger partial charge in [0.25, 0.3) is 0 Å². The quantitative estimate of drug-likeness (QED) is 0.392. The van der Waals surface area contributed by atoms with Crippen molar-refractivity contribution in [3.63, 3.8) is 0 Å². The number of unbranched alkanes of at least 4 members (excludes halogenated alkanes) is 2. The van der Waals surface area contributed by atoms with Gasteiger partial charge in [0.2, 0.25) is 0 Å². The number of rotatable bonds is 5. The first-order valence-electron chi connectivity index (χ1n) is 4.90. The van der Waals surface area contributed by atoms with E-state index < -0.39 is 5.60 Å². The van der Waals surface area contributed by atoms with Crippen molar-refractivity contribution < 1.29 is 5.11 Å². The van der Waals surface area contributed by atoms with Crippen LogP contribution in [0.3, 0.4) is 0 Å². The van der Waals surface area contributed by atoms with Gasteiger partial charge in [0, 0.05) is 0 Å². The summed E-state index contributed by atoms with van der Waals surface area (Å²) in [5.41, 5.74) is 0.0468. The van der Waals surface area contributed by atoms with Crippen LogP contribution in [0.15, 0.2) is 11.6 Å². The molecule has 74 valence electrons. The zero-order chi connectivity index (χ0) is 10.3. The van der Waals surface area contributed by atoms with Crippen LogP contribution in [0.5, 0.6) is 0 Å². The van der Waals surface area contributed by atoms with Gasteiger partial charge in [0.1, 0.15) is 5.60 Å². The third kappa shape index (κ3) is 5.49. The summed E-state index contributed by atoms with van der Waals surface area (Å²) in [5.74, 6) is 2.45. The first kappa shape index (κ1) is 12.3. The summed E-state index contributed by atoms with van der Waals surface area (Å²) in [6.45, 7) is 6.03. The molecule has 1 unspecified atom stereocenters. The molecule has 1 N–H and O–H groups in total.